The van der Waals surface area contributed by atoms with Gasteiger partial charge in [0.15, 0.2) is 0 Å². The van der Waals surface area contributed by atoms with Gasteiger partial charge in [0, 0.05) is 6.54 Å². The maximum Gasteiger partial charge on any atom is 0.237 e. The fourth-order valence-corrected chi connectivity index (χ4v) is 1.65. The van der Waals surface area contributed by atoms with Crippen LogP contribution in [-0.4, -0.2) is 18.5 Å². The zero-order chi connectivity index (χ0) is 11.9. The third kappa shape index (κ3) is 3.20. The van der Waals surface area contributed by atoms with E-state index >= 15 is 0 Å². The molecule has 0 aromatic heterocycles. The van der Waals surface area contributed by atoms with Crippen LogP contribution in [0, 0.1) is 16.7 Å². The first-order chi connectivity index (χ1) is 6.64. The normalized spacial score (nSPS) is 25.9. The molecule has 1 aliphatic rings. The maximum atomic E-state index is 11.7. The summed E-state index contributed by atoms with van der Waals surface area (Å²) in [6.45, 7) is 11.2. The van der Waals surface area contributed by atoms with Gasteiger partial charge in [0.05, 0.1) is 6.04 Å². The van der Waals surface area contributed by atoms with Crippen molar-refractivity contribution in [1.82, 2.24) is 5.32 Å². The van der Waals surface area contributed by atoms with Gasteiger partial charge >= 0.3 is 0 Å². The van der Waals surface area contributed by atoms with E-state index in [0.29, 0.717) is 11.3 Å². The van der Waals surface area contributed by atoms with E-state index in [1.807, 2.05) is 20.8 Å². The van der Waals surface area contributed by atoms with Crippen LogP contribution in [-0.2, 0) is 4.79 Å². The van der Waals surface area contributed by atoms with E-state index in [0.717, 1.165) is 6.54 Å². The summed E-state index contributed by atoms with van der Waals surface area (Å²) in [4.78, 5) is 11.7. The van der Waals surface area contributed by atoms with Crippen molar-refractivity contribution in [2.45, 2.75) is 47.1 Å². The summed E-state index contributed by atoms with van der Waals surface area (Å²) in [6, 6.07) is -0.417. The van der Waals surface area contributed by atoms with E-state index in [9.17, 15) is 4.79 Å². The third-order valence-electron chi connectivity index (χ3n) is 3.46. The Hall–Kier alpha value is -0.570. The van der Waals surface area contributed by atoms with Crippen molar-refractivity contribution in [3.63, 3.8) is 0 Å². The second-order valence-electron chi connectivity index (χ2n) is 6.48. The van der Waals surface area contributed by atoms with Gasteiger partial charge in [-0.1, -0.05) is 34.6 Å². The molecule has 88 valence electrons. The largest absolute Gasteiger partial charge is 0.354 e. The van der Waals surface area contributed by atoms with Gasteiger partial charge in [0.25, 0.3) is 0 Å². The molecule has 0 saturated heterocycles. The van der Waals surface area contributed by atoms with Crippen molar-refractivity contribution in [1.29, 1.82) is 0 Å². The van der Waals surface area contributed by atoms with Gasteiger partial charge in [-0.05, 0) is 23.2 Å². The zero-order valence-corrected chi connectivity index (χ0v) is 10.6. The van der Waals surface area contributed by atoms with Gasteiger partial charge in [0.1, 0.15) is 0 Å². The Kier molecular flexibility index (Phi) is 3.15. The van der Waals surface area contributed by atoms with E-state index in [4.69, 9.17) is 5.73 Å². The van der Waals surface area contributed by atoms with Crippen LogP contribution >= 0.6 is 0 Å². The number of rotatable bonds is 3. The summed E-state index contributed by atoms with van der Waals surface area (Å²) in [7, 11) is 0. The van der Waals surface area contributed by atoms with E-state index in [2.05, 4.69) is 19.2 Å². The molecule has 1 amide bonds. The Morgan fingerprint density at radius 1 is 1.53 bits per heavy atom. The molecule has 15 heavy (non-hydrogen) atoms. The predicted molar refractivity (Wildman–Crippen MR) is 62.3 cm³/mol. The van der Waals surface area contributed by atoms with E-state index in [-0.39, 0.29) is 11.3 Å². The highest BCUT2D eigenvalue weighted by Crippen LogP contribution is 2.50. The Morgan fingerprint density at radius 3 is 2.33 bits per heavy atom. The molecule has 0 radical (unpaired) electrons. The van der Waals surface area contributed by atoms with E-state index < -0.39 is 6.04 Å². The van der Waals surface area contributed by atoms with Crippen LogP contribution < -0.4 is 11.1 Å². The molecule has 0 spiro atoms. The Balaban J connectivity index is 2.31. The third-order valence-corrected chi connectivity index (χ3v) is 3.46. The number of hydrogen-bond donors (Lipinski definition) is 2. The standard InChI is InChI=1S/C12H24N2O/c1-11(2,3)9(13)10(15)14-7-8-6-12(8,4)5/h8-9H,6-7,13H2,1-5H3,(H,14,15)/t8?,9-/m0/s1. The van der Waals surface area contributed by atoms with E-state index in [1.54, 1.807) is 0 Å². The fourth-order valence-electron chi connectivity index (χ4n) is 1.65. The Labute approximate surface area is 92.8 Å². The van der Waals surface area contributed by atoms with Crippen LogP contribution in [0.25, 0.3) is 0 Å². The summed E-state index contributed by atoms with van der Waals surface area (Å²) in [5.41, 5.74) is 6.11. The lowest BCUT2D eigenvalue weighted by molar-refractivity contribution is -0.124. The summed E-state index contributed by atoms with van der Waals surface area (Å²) in [5, 5.41) is 2.94. The SMILES string of the molecule is CC1(C)CC1CNC(=O)[C@H](N)C(C)(C)C. The molecule has 1 fully saturated rings. The number of carbonyl (C=O) groups is 1. The number of amides is 1. The van der Waals surface area contributed by atoms with Crippen molar-refractivity contribution in [3.8, 4) is 0 Å². The number of carbonyl (C=O) groups excluding carboxylic acids is 1. The first kappa shape index (κ1) is 12.5. The molecule has 3 heteroatoms. The van der Waals surface area contributed by atoms with Crippen LogP contribution in [0.2, 0.25) is 0 Å². The zero-order valence-electron chi connectivity index (χ0n) is 10.6. The minimum Gasteiger partial charge on any atom is -0.354 e. The topological polar surface area (TPSA) is 55.1 Å². The van der Waals surface area contributed by atoms with Gasteiger partial charge in [-0.25, -0.2) is 0 Å². The molecule has 1 unspecified atom stereocenters. The Bertz CT molecular complexity index is 253. The smallest absolute Gasteiger partial charge is 0.237 e. The lowest BCUT2D eigenvalue weighted by Crippen LogP contribution is -2.49. The molecular weight excluding hydrogens is 188 g/mol. The average molecular weight is 212 g/mol. The molecular formula is C12H24N2O. The van der Waals surface area contributed by atoms with Crippen molar-refractivity contribution in [3.05, 3.63) is 0 Å². The number of hydrogen-bond acceptors (Lipinski definition) is 2. The molecule has 2 atom stereocenters. The Morgan fingerprint density at radius 2 is 2.00 bits per heavy atom. The summed E-state index contributed by atoms with van der Waals surface area (Å²) in [5.74, 6) is 0.610. The number of nitrogens with two attached hydrogens (primary N) is 1. The van der Waals surface area contributed by atoms with Gasteiger partial charge in [-0.2, -0.15) is 0 Å². The summed E-state index contributed by atoms with van der Waals surface area (Å²) in [6.07, 6.45) is 1.21. The van der Waals surface area contributed by atoms with Crippen LogP contribution in [0.5, 0.6) is 0 Å². The second kappa shape index (κ2) is 3.78. The summed E-state index contributed by atoms with van der Waals surface area (Å²) < 4.78 is 0. The highest BCUT2D eigenvalue weighted by Gasteiger charge is 2.45. The van der Waals surface area contributed by atoms with E-state index in [1.165, 1.54) is 6.42 Å². The predicted octanol–water partition coefficient (Wildman–Crippen LogP) is 1.52. The molecule has 0 aromatic carbocycles. The molecule has 0 bridgehead atoms. The second-order valence-corrected chi connectivity index (χ2v) is 6.48. The molecule has 0 aromatic rings. The molecule has 1 aliphatic carbocycles. The highest BCUT2D eigenvalue weighted by molar-refractivity contribution is 5.82. The lowest BCUT2D eigenvalue weighted by atomic mass is 9.87. The monoisotopic (exact) mass is 212 g/mol. The van der Waals surface area contributed by atoms with Gasteiger partial charge in [0.2, 0.25) is 5.91 Å². The van der Waals surface area contributed by atoms with Crippen molar-refractivity contribution >= 4 is 5.91 Å². The summed E-state index contributed by atoms with van der Waals surface area (Å²) >= 11 is 0. The molecule has 3 nitrogen and oxygen atoms in total. The van der Waals surface area contributed by atoms with Crippen LogP contribution in [0.4, 0.5) is 0 Å². The molecule has 1 rings (SSSR count). The highest BCUT2D eigenvalue weighted by atomic mass is 16.2. The van der Waals surface area contributed by atoms with Crippen LogP contribution in [0.3, 0.4) is 0 Å². The van der Waals surface area contributed by atoms with Crippen molar-refractivity contribution in [2.24, 2.45) is 22.5 Å². The molecule has 0 heterocycles. The minimum atomic E-state index is -0.417. The lowest BCUT2D eigenvalue weighted by Gasteiger charge is -2.25. The van der Waals surface area contributed by atoms with Crippen LogP contribution in [0.1, 0.15) is 41.0 Å². The van der Waals surface area contributed by atoms with Gasteiger partial charge in [-0.3, -0.25) is 4.79 Å². The molecule has 3 N–H and O–H groups in total. The van der Waals surface area contributed by atoms with Gasteiger partial charge in [-0.15, -0.1) is 0 Å². The average Bonchev–Trinajstić information content (AvgIpc) is 2.67. The van der Waals surface area contributed by atoms with Gasteiger partial charge < -0.3 is 11.1 Å². The quantitative estimate of drug-likeness (QED) is 0.745. The molecule has 1 saturated carbocycles. The van der Waals surface area contributed by atoms with Crippen LogP contribution in [0.15, 0.2) is 0 Å². The first-order valence-electron chi connectivity index (χ1n) is 5.68. The van der Waals surface area contributed by atoms with Crippen molar-refractivity contribution in [2.75, 3.05) is 6.54 Å². The fraction of sp³-hybridized carbons (Fsp3) is 0.917. The van der Waals surface area contributed by atoms with Crippen molar-refractivity contribution < 1.29 is 4.79 Å². The first-order valence-corrected chi connectivity index (χ1v) is 5.68. The number of nitrogens with one attached hydrogen (secondary N) is 1. The maximum absolute atomic E-state index is 11.7. The minimum absolute atomic E-state index is 0.0230. The molecule has 0 aliphatic heterocycles.